The normalized spacial score (nSPS) is 15.1. The molecule has 1 aliphatic rings. The van der Waals surface area contributed by atoms with Crippen molar-refractivity contribution in [1.29, 1.82) is 0 Å². The van der Waals surface area contributed by atoms with Crippen LogP contribution in [0, 0.1) is 0 Å². The quantitative estimate of drug-likeness (QED) is 0.727. The smallest absolute Gasteiger partial charge is 0.256 e. The number of carbonyl (C=O) groups excluding carboxylic acids is 1. The van der Waals surface area contributed by atoms with Crippen molar-refractivity contribution in [3.8, 4) is 0 Å². The van der Waals surface area contributed by atoms with Crippen molar-refractivity contribution in [2.75, 3.05) is 43.4 Å². The number of fused-ring (bicyclic) bond motifs is 1. The van der Waals surface area contributed by atoms with E-state index in [0.29, 0.717) is 10.6 Å². The van der Waals surface area contributed by atoms with Crippen LogP contribution in [-0.2, 0) is 0 Å². The molecule has 0 radical (unpaired) electrons. The van der Waals surface area contributed by atoms with Crippen LogP contribution in [-0.4, -0.2) is 44.0 Å². The first-order valence-electron chi connectivity index (χ1n) is 9.14. The van der Waals surface area contributed by atoms with Gasteiger partial charge in [0.2, 0.25) is 0 Å². The Labute approximate surface area is 164 Å². The van der Waals surface area contributed by atoms with Crippen LogP contribution in [0.3, 0.4) is 0 Å². The lowest BCUT2D eigenvalue weighted by Crippen LogP contribution is -2.44. The monoisotopic (exact) mass is 379 g/mol. The van der Waals surface area contributed by atoms with Gasteiger partial charge in [-0.3, -0.25) is 4.79 Å². The Kier molecular flexibility index (Phi) is 5.01. The average Bonchev–Trinajstić information content (AvgIpc) is 2.69. The summed E-state index contributed by atoms with van der Waals surface area (Å²) >= 11 is 6.25. The van der Waals surface area contributed by atoms with E-state index >= 15 is 0 Å². The van der Waals surface area contributed by atoms with E-state index in [-0.39, 0.29) is 5.91 Å². The number of halogens is 1. The zero-order chi connectivity index (χ0) is 18.8. The first kappa shape index (κ1) is 17.8. The number of hydrogen-bond donors (Lipinski definition) is 1. The molecular weight excluding hydrogens is 358 g/mol. The van der Waals surface area contributed by atoms with Gasteiger partial charge in [-0.1, -0.05) is 35.9 Å². The Hall–Kier alpha value is -2.56. The highest BCUT2D eigenvalue weighted by Crippen LogP contribution is 2.27. The molecule has 0 unspecified atom stereocenters. The number of piperazine rings is 1. The van der Waals surface area contributed by atoms with Crippen LogP contribution >= 0.6 is 11.6 Å². The summed E-state index contributed by atoms with van der Waals surface area (Å²) in [6, 6.07) is 19.3. The highest BCUT2D eigenvalue weighted by molar-refractivity contribution is 6.36. The third kappa shape index (κ3) is 3.77. The van der Waals surface area contributed by atoms with Gasteiger partial charge in [-0.05, 0) is 48.8 Å². The predicted octanol–water partition coefficient (Wildman–Crippen LogP) is 4.50. The maximum Gasteiger partial charge on any atom is 0.256 e. The number of hydrogen-bond acceptors (Lipinski definition) is 3. The number of carbonyl (C=O) groups is 1. The first-order chi connectivity index (χ1) is 13.1. The Balaban J connectivity index is 1.51. The van der Waals surface area contributed by atoms with E-state index in [4.69, 9.17) is 11.6 Å². The second-order valence-corrected chi connectivity index (χ2v) is 7.34. The molecule has 27 heavy (non-hydrogen) atoms. The summed E-state index contributed by atoms with van der Waals surface area (Å²) in [6.07, 6.45) is 0. The van der Waals surface area contributed by atoms with Gasteiger partial charge in [-0.15, -0.1) is 0 Å². The van der Waals surface area contributed by atoms with E-state index in [1.54, 1.807) is 0 Å². The minimum absolute atomic E-state index is 0.129. The highest BCUT2D eigenvalue weighted by atomic mass is 35.5. The van der Waals surface area contributed by atoms with Crippen LogP contribution in [0.1, 0.15) is 10.4 Å². The number of likely N-dealkylation sites (N-methyl/N-ethyl adjacent to an activating group) is 1. The van der Waals surface area contributed by atoms with Gasteiger partial charge in [-0.2, -0.15) is 0 Å². The third-order valence-corrected chi connectivity index (χ3v) is 5.44. The number of amides is 1. The Bertz CT molecular complexity index is 963. The van der Waals surface area contributed by atoms with Crippen molar-refractivity contribution in [3.05, 3.63) is 71.2 Å². The predicted molar refractivity (Wildman–Crippen MR) is 113 cm³/mol. The van der Waals surface area contributed by atoms with E-state index in [1.807, 2.05) is 48.5 Å². The highest BCUT2D eigenvalue weighted by Gasteiger charge is 2.15. The number of anilines is 2. The van der Waals surface area contributed by atoms with E-state index in [1.165, 1.54) is 5.69 Å². The molecule has 0 bridgehead atoms. The van der Waals surface area contributed by atoms with Crippen LogP contribution in [0.25, 0.3) is 10.8 Å². The molecule has 3 aromatic carbocycles. The van der Waals surface area contributed by atoms with Gasteiger partial charge in [-0.25, -0.2) is 0 Å². The van der Waals surface area contributed by atoms with Crippen molar-refractivity contribution < 1.29 is 4.79 Å². The summed E-state index contributed by atoms with van der Waals surface area (Å²) in [5.74, 6) is -0.129. The topological polar surface area (TPSA) is 35.6 Å². The van der Waals surface area contributed by atoms with Crippen molar-refractivity contribution in [3.63, 3.8) is 0 Å². The lowest BCUT2D eigenvalue weighted by atomic mass is 10.0. The SMILES string of the molecule is CN1CCN(c2ccc(NC(=O)c3cccc4c(Cl)cccc34)cc2)CC1. The molecule has 0 aromatic heterocycles. The second kappa shape index (κ2) is 7.59. The van der Waals surface area contributed by atoms with E-state index < -0.39 is 0 Å². The molecule has 1 heterocycles. The molecule has 5 heteroatoms. The van der Waals surface area contributed by atoms with Crippen LogP contribution in [0.4, 0.5) is 11.4 Å². The summed E-state index contributed by atoms with van der Waals surface area (Å²) in [4.78, 5) is 17.5. The summed E-state index contributed by atoms with van der Waals surface area (Å²) in [7, 11) is 2.15. The molecule has 4 rings (SSSR count). The lowest BCUT2D eigenvalue weighted by Gasteiger charge is -2.34. The van der Waals surface area contributed by atoms with Crippen LogP contribution in [0.15, 0.2) is 60.7 Å². The molecule has 138 valence electrons. The first-order valence-corrected chi connectivity index (χ1v) is 9.52. The van der Waals surface area contributed by atoms with Crippen LogP contribution < -0.4 is 10.2 Å². The van der Waals surface area contributed by atoms with Gasteiger partial charge < -0.3 is 15.1 Å². The maximum absolute atomic E-state index is 12.8. The molecule has 1 fully saturated rings. The average molecular weight is 380 g/mol. The van der Waals surface area contributed by atoms with Crippen molar-refractivity contribution in [2.24, 2.45) is 0 Å². The summed E-state index contributed by atoms with van der Waals surface area (Å²) < 4.78 is 0. The third-order valence-electron chi connectivity index (χ3n) is 5.11. The van der Waals surface area contributed by atoms with Gasteiger partial charge in [0.15, 0.2) is 0 Å². The molecule has 1 amide bonds. The van der Waals surface area contributed by atoms with Crippen LogP contribution in [0.2, 0.25) is 5.02 Å². The molecule has 3 aromatic rings. The Morgan fingerprint density at radius 2 is 1.56 bits per heavy atom. The molecule has 1 N–H and O–H groups in total. The summed E-state index contributed by atoms with van der Waals surface area (Å²) in [5.41, 5.74) is 2.60. The lowest BCUT2D eigenvalue weighted by molar-refractivity contribution is 0.102. The summed E-state index contributed by atoms with van der Waals surface area (Å²) in [6.45, 7) is 4.20. The minimum Gasteiger partial charge on any atom is -0.369 e. The second-order valence-electron chi connectivity index (χ2n) is 6.93. The molecule has 0 aliphatic carbocycles. The fraction of sp³-hybridized carbons (Fsp3) is 0.227. The molecule has 1 saturated heterocycles. The number of nitrogens with one attached hydrogen (secondary N) is 1. The van der Waals surface area contributed by atoms with Gasteiger partial charge in [0, 0.05) is 53.5 Å². The fourth-order valence-electron chi connectivity index (χ4n) is 3.49. The molecule has 0 spiro atoms. The van der Waals surface area contributed by atoms with E-state index in [2.05, 4.69) is 34.3 Å². The van der Waals surface area contributed by atoms with Crippen molar-refractivity contribution in [2.45, 2.75) is 0 Å². The Morgan fingerprint density at radius 1 is 0.889 bits per heavy atom. The van der Waals surface area contributed by atoms with E-state index in [9.17, 15) is 4.79 Å². The molecule has 0 atom stereocenters. The molecule has 1 aliphatic heterocycles. The maximum atomic E-state index is 12.8. The summed E-state index contributed by atoms with van der Waals surface area (Å²) in [5, 5.41) is 5.39. The van der Waals surface area contributed by atoms with Gasteiger partial charge in [0.1, 0.15) is 0 Å². The minimum atomic E-state index is -0.129. The zero-order valence-electron chi connectivity index (χ0n) is 15.3. The standard InChI is InChI=1S/C22H22ClN3O/c1-25-12-14-26(15-13-25)17-10-8-16(9-11-17)24-22(27)20-6-2-5-19-18(20)4-3-7-21(19)23/h2-11H,12-15H2,1H3,(H,24,27). The van der Waals surface area contributed by atoms with Gasteiger partial charge >= 0.3 is 0 Å². The number of nitrogens with zero attached hydrogens (tertiary/aromatic N) is 2. The number of rotatable bonds is 3. The van der Waals surface area contributed by atoms with Gasteiger partial charge in [0.25, 0.3) is 5.91 Å². The van der Waals surface area contributed by atoms with Crippen molar-refractivity contribution in [1.82, 2.24) is 4.90 Å². The molecular formula is C22H22ClN3O. The molecule has 0 saturated carbocycles. The Morgan fingerprint density at radius 3 is 2.30 bits per heavy atom. The molecule has 4 nitrogen and oxygen atoms in total. The largest absolute Gasteiger partial charge is 0.369 e. The zero-order valence-corrected chi connectivity index (χ0v) is 16.0. The fourth-order valence-corrected chi connectivity index (χ4v) is 3.73. The van der Waals surface area contributed by atoms with Crippen LogP contribution in [0.5, 0.6) is 0 Å². The van der Waals surface area contributed by atoms with Crippen molar-refractivity contribution >= 4 is 39.7 Å². The number of benzene rings is 3. The van der Waals surface area contributed by atoms with Gasteiger partial charge in [0.05, 0.1) is 0 Å². The van der Waals surface area contributed by atoms with E-state index in [0.717, 1.165) is 42.6 Å².